The summed E-state index contributed by atoms with van der Waals surface area (Å²) in [5, 5.41) is 4.84. The van der Waals surface area contributed by atoms with Crippen LogP contribution in [0.25, 0.3) is 16.9 Å². The van der Waals surface area contributed by atoms with Crippen molar-refractivity contribution in [2.45, 2.75) is 32.7 Å². The lowest BCUT2D eigenvalue weighted by Crippen LogP contribution is -2.44. The molecule has 0 atom stereocenters. The van der Waals surface area contributed by atoms with Crippen molar-refractivity contribution in [3.05, 3.63) is 71.4 Å². The first-order chi connectivity index (χ1) is 14.4. The van der Waals surface area contributed by atoms with Crippen molar-refractivity contribution in [3.8, 4) is 16.9 Å². The smallest absolute Gasteiger partial charge is 0.257 e. The van der Waals surface area contributed by atoms with E-state index in [0.29, 0.717) is 11.6 Å². The van der Waals surface area contributed by atoms with E-state index in [4.69, 9.17) is 5.10 Å². The summed E-state index contributed by atoms with van der Waals surface area (Å²) in [6, 6.07) is 16.8. The maximum absolute atomic E-state index is 13.5. The van der Waals surface area contributed by atoms with Crippen LogP contribution in [0.5, 0.6) is 0 Å². The minimum absolute atomic E-state index is 0.0719. The Bertz CT molecular complexity index is 1030. The van der Waals surface area contributed by atoms with E-state index in [9.17, 15) is 4.79 Å². The van der Waals surface area contributed by atoms with Crippen LogP contribution in [0.3, 0.4) is 0 Å². The van der Waals surface area contributed by atoms with Gasteiger partial charge in [0, 0.05) is 30.9 Å². The number of rotatable bonds is 4. The van der Waals surface area contributed by atoms with Crippen LogP contribution in [0.4, 0.5) is 0 Å². The molecule has 1 aliphatic rings. The van der Waals surface area contributed by atoms with Gasteiger partial charge in [0.1, 0.15) is 5.69 Å². The topological polar surface area (TPSA) is 41.4 Å². The molecule has 0 spiro atoms. The summed E-state index contributed by atoms with van der Waals surface area (Å²) in [5.41, 5.74) is 5.80. The lowest BCUT2D eigenvalue weighted by molar-refractivity contribution is 0.0664. The van der Waals surface area contributed by atoms with Gasteiger partial charge >= 0.3 is 0 Å². The summed E-state index contributed by atoms with van der Waals surface area (Å²) >= 11 is 0. The number of aromatic nitrogens is 2. The molecule has 156 valence electrons. The number of amides is 1. The lowest BCUT2D eigenvalue weighted by Gasteiger charge is -2.35. The Morgan fingerprint density at radius 2 is 1.70 bits per heavy atom. The van der Waals surface area contributed by atoms with Crippen molar-refractivity contribution in [1.29, 1.82) is 0 Å². The van der Waals surface area contributed by atoms with Crippen LogP contribution in [0.2, 0.25) is 0 Å². The highest BCUT2D eigenvalue weighted by molar-refractivity contribution is 6.00. The summed E-state index contributed by atoms with van der Waals surface area (Å²) in [7, 11) is 4.23. The molecule has 0 unspecified atom stereocenters. The molecule has 0 saturated carbocycles. The van der Waals surface area contributed by atoms with E-state index in [-0.39, 0.29) is 5.91 Å². The first kappa shape index (κ1) is 20.4. The molecule has 2 heterocycles. The van der Waals surface area contributed by atoms with Crippen LogP contribution >= 0.6 is 0 Å². The highest BCUT2D eigenvalue weighted by atomic mass is 16.2. The number of hydrogen-bond acceptors (Lipinski definition) is 3. The lowest BCUT2D eigenvalue weighted by atomic mass is 10.00. The van der Waals surface area contributed by atoms with Gasteiger partial charge in [0.05, 0.1) is 11.3 Å². The molecule has 0 aliphatic carbocycles. The van der Waals surface area contributed by atoms with Gasteiger partial charge in [-0.1, -0.05) is 30.3 Å². The number of carbonyl (C=O) groups excluding carboxylic acids is 1. The molecule has 0 bridgehead atoms. The van der Waals surface area contributed by atoms with Crippen molar-refractivity contribution >= 4 is 5.91 Å². The molecule has 1 fully saturated rings. The number of benzene rings is 2. The van der Waals surface area contributed by atoms with Crippen LogP contribution in [0, 0.1) is 13.8 Å². The molecule has 3 aromatic rings. The molecular formula is C25H30N4O. The molecule has 2 aromatic carbocycles. The molecule has 1 amide bonds. The number of nitrogens with zero attached hydrogens (tertiary/aromatic N) is 4. The zero-order valence-electron chi connectivity index (χ0n) is 18.3. The summed E-state index contributed by atoms with van der Waals surface area (Å²) < 4.78 is 1.82. The van der Waals surface area contributed by atoms with Gasteiger partial charge in [-0.3, -0.25) is 4.79 Å². The second kappa shape index (κ2) is 8.44. The minimum atomic E-state index is 0.0719. The van der Waals surface area contributed by atoms with Gasteiger partial charge in [-0.25, -0.2) is 4.68 Å². The van der Waals surface area contributed by atoms with E-state index in [1.807, 2.05) is 46.1 Å². The molecule has 1 saturated heterocycles. The quantitative estimate of drug-likeness (QED) is 0.653. The van der Waals surface area contributed by atoms with Crippen LogP contribution < -0.4 is 0 Å². The Kier molecular flexibility index (Phi) is 5.73. The number of para-hydroxylation sites is 1. The van der Waals surface area contributed by atoms with E-state index >= 15 is 0 Å². The number of piperidine rings is 1. The average molecular weight is 403 g/mol. The maximum Gasteiger partial charge on any atom is 0.257 e. The van der Waals surface area contributed by atoms with Gasteiger partial charge in [-0.15, -0.1) is 0 Å². The Morgan fingerprint density at radius 1 is 1.00 bits per heavy atom. The highest BCUT2D eigenvalue weighted by Crippen LogP contribution is 2.28. The van der Waals surface area contributed by atoms with Crippen molar-refractivity contribution in [2.75, 3.05) is 27.2 Å². The number of carbonyl (C=O) groups is 1. The zero-order valence-corrected chi connectivity index (χ0v) is 18.3. The summed E-state index contributed by atoms with van der Waals surface area (Å²) in [5.74, 6) is 0.0719. The van der Waals surface area contributed by atoms with E-state index < -0.39 is 0 Å². The number of hydrogen-bond donors (Lipinski definition) is 0. The van der Waals surface area contributed by atoms with E-state index in [2.05, 4.69) is 51.0 Å². The van der Waals surface area contributed by atoms with Gasteiger partial charge in [-0.2, -0.15) is 5.10 Å². The van der Waals surface area contributed by atoms with E-state index in [1.54, 1.807) is 0 Å². The van der Waals surface area contributed by atoms with Crippen LogP contribution in [0.15, 0.2) is 54.7 Å². The Labute approximate surface area is 178 Å². The monoisotopic (exact) mass is 402 g/mol. The highest BCUT2D eigenvalue weighted by Gasteiger charge is 2.28. The molecule has 0 radical (unpaired) electrons. The van der Waals surface area contributed by atoms with E-state index in [0.717, 1.165) is 42.9 Å². The van der Waals surface area contributed by atoms with E-state index in [1.165, 1.54) is 11.1 Å². The fourth-order valence-corrected chi connectivity index (χ4v) is 4.10. The van der Waals surface area contributed by atoms with Crippen LogP contribution in [-0.2, 0) is 0 Å². The van der Waals surface area contributed by atoms with Crippen LogP contribution in [0.1, 0.15) is 34.3 Å². The Balaban J connectivity index is 1.71. The third-order valence-corrected chi connectivity index (χ3v) is 6.23. The molecule has 4 rings (SSSR count). The molecule has 5 heteroatoms. The molecule has 1 aromatic heterocycles. The second-order valence-corrected chi connectivity index (χ2v) is 8.46. The van der Waals surface area contributed by atoms with Crippen molar-refractivity contribution in [1.82, 2.24) is 19.6 Å². The third-order valence-electron chi connectivity index (χ3n) is 6.23. The minimum Gasteiger partial charge on any atom is -0.338 e. The van der Waals surface area contributed by atoms with Gasteiger partial charge in [-0.05, 0) is 70.1 Å². The number of aryl methyl sites for hydroxylation is 2. The van der Waals surface area contributed by atoms with Crippen molar-refractivity contribution in [2.24, 2.45) is 0 Å². The van der Waals surface area contributed by atoms with Gasteiger partial charge in [0.2, 0.25) is 0 Å². The summed E-state index contributed by atoms with van der Waals surface area (Å²) in [4.78, 5) is 17.8. The largest absolute Gasteiger partial charge is 0.338 e. The SMILES string of the molecule is Cc1ccc(-c2nn(-c3ccccc3)cc2C(=O)N2CCC(N(C)C)CC2)cc1C. The predicted octanol–water partition coefficient (Wildman–Crippen LogP) is 4.32. The predicted molar refractivity (Wildman–Crippen MR) is 121 cm³/mol. The molecule has 5 nitrogen and oxygen atoms in total. The maximum atomic E-state index is 13.5. The van der Waals surface area contributed by atoms with Gasteiger partial charge in [0.15, 0.2) is 0 Å². The second-order valence-electron chi connectivity index (χ2n) is 8.46. The fraction of sp³-hybridized carbons (Fsp3) is 0.360. The summed E-state index contributed by atoms with van der Waals surface area (Å²) in [6.07, 6.45) is 3.90. The molecular weight excluding hydrogens is 372 g/mol. The zero-order chi connectivity index (χ0) is 21.3. The Hall–Kier alpha value is -2.92. The molecule has 30 heavy (non-hydrogen) atoms. The summed E-state index contributed by atoms with van der Waals surface area (Å²) in [6.45, 7) is 5.76. The number of likely N-dealkylation sites (tertiary alicyclic amines) is 1. The molecule has 1 aliphatic heterocycles. The van der Waals surface area contributed by atoms with Crippen LogP contribution in [-0.4, -0.2) is 58.7 Å². The third kappa shape index (κ3) is 4.03. The normalized spacial score (nSPS) is 15.0. The first-order valence-corrected chi connectivity index (χ1v) is 10.6. The van der Waals surface area contributed by atoms with Gasteiger partial charge < -0.3 is 9.80 Å². The van der Waals surface area contributed by atoms with Gasteiger partial charge in [0.25, 0.3) is 5.91 Å². The average Bonchev–Trinajstić information content (AvgIpc) is 3.21. The van der Waals surface area contributed by atoms with Crippen molar-refractivity contribution in [3.63, 3.8) is 0 Å². The Morgan fingerprint density at radius 3 is 2.33 bits per heavy atom. The standard InChI is InChI=1S/C25H30N4O/c1-18-10-11-20(16-19(18)2)24-23(17-29(26-24)22-8-6-5-7-9-22)25(30)28-14-12-21(13-15-28)27(3)4/h5-11,16-17,21H,12-15H2,1-4H3. The molecule has 0 N–H and O–H groups in total. The first-order valence-electron chi connectivity index (χ1n) is 10.6. The van der Waals surface area contributed by atoms with Crippen molar-refractivity contribution < 1.29 is 4.79 Å². The fourth-order valence-electron chi connectivity index (χ4n) is 4.10.